The third kappa shape index (κ3) is 8.98. The van der Waals surface area contributed by atoms with Crippen LogP contribution in [0.1, 0.15) is 2.85 Å². The standard InChI is InChI=1S/Mn.H2O.Sr.Tb.2H/h;1H2;;;;/q;;+2;;2*-1. The topological polar surface area (TPSA) is 31.5 Å². The van der Waals surface area contributed by atoms with Crippen LogP contribution in [0.25, 0.3) is 0 Å². The summed E-state index contributed by atoms with van der Waals surface area (Å²) in [6, 6.07) is 0. The van der Waals surface area contributed by atoms with E-state index in [1.165, 1.54) is 0 Å². The molecule has 0 aliphatic carbocycles. The molecule has 4 heavy (non-hydrogen) atoms. The van der Waals surface area contributed by atoms with Gasteiger partial charge in [0.1, 0.15) is 0 Å². The van der Waals surface area contributed by atoms with Gasteiger partial charge in [-0.2, -0.15) is 0 Å². The van der Waals surface area contributed by atoms with Gasteiger partial charge < -0.3 is 8.33 Å². The fourth-order valence-corrected chi connectivity index (χ4v) is 0. The average Bonchev–Trinajstić information content (AvgIpc) is 0. The van der Waals surface area contributed by atoms with Gasteiger partial charge in [0.2, 0.25) is 0 Å². The Bertz CT molecular complexity index is 13.5. The summed E-state index contributed by atoms with van der Waals surface area (Å²) in [6.45, 7) is 0. The Balaban J connectivity index is 0. The van der Waals surface area contributed by atoms with E-state index in [9.17, 15) is 0 Å². The summed E-state index contributed by atoms with van der Waals surface area (Å²) < 4.78 is 0. The SMILES string of the molecule is O.[H-].[H-].[Mn].[Sr+2].[Tb]. The van der Waals surface area contributed by atoms with Gasteiger partial charge in [-0.25, -0.2) is 0 Å². The molecule has 0 spiro atoms. The molecule has 28 valence electrons. The third-order valence-corrected chi connectivity index (χ3v) is 0. The van der Waals surface area contributed by atoms with Gasteiger partial charge in [0.25, 0.3) is 0 Å². The van der Waals surface area contributed by atoms with Gasteiger partial charge in [0, 0.05) is 55.7 Å². The van der Waals surface area contributed by atoms with Crippen LogP contribution >= 0.6 is 0 Å². The molecule has 0 saturated heterocycles. The molecule has 0 aromatic carbocycles. The molecule has 0 bridgehead atoms. The third-order valence-electron chi connectivity index (χ3n) is 0. The second-order valence-corrected chi connectivity index (χ2v) is 0. The maximum absolute atomic E-state index is 0. The van der Waals surface area contributed by atoms with Crippen LogP contribution in [-0.4, -0.2) is 51.0 Å². The van der Waals surface area contributed by atoms with Gasteiger partial charge in [-0.1, -0.05) is 0 Å². The zero-order chi connectivity index (χ0) is 0. The van der Waals surface area contributed by atoms with Crippen LogP contribution in [0.4, 0.5) is 0 Å². The summed E-state index contributed by atoms with van der Waals surface area (Å²) in [5.41, 5.74) is 0. The largest absolute Gasteiger partial charge is 2.00 e. The molecule has 0 heterocycles. The van der Waals surface area contributed by atoms with E-state index >= 15 is 0 Å². The summed E-state index contributed by atoms with van der Waals surface area (Å²) in [5.74, 6) is 0. The van der Waals surface area contributed by atoms with Gasteiger partial charge in [-0.3, -0.25) is 0 Å². The molecule has 0 unspecified atom stereocenters. The summed E-state index contributed by atoms with van der Waals surface area (Å²) in [5, 5.41) is 0. The van der Waals surface area contributed by atoms with Crippen LogP contribution in [0, 0.1) is 38.6 Å². The quantitative estimate of drug-likeness (QED) is 0.514. The Kier molecular flexibility index (Phi) is 109. The van der Waals surface area contributed by atoms with Crippen molar-refractivity contribution in [2.75, 3.05) is 0 Å². The smallest absolute Gasteiger partial charge is 1.00 e. The maximum atomic E-state index is 0. The second-order valence-electron chi connectivity index (χ2n) is 0. The Morgan fingerprint density at radius 3 is 1.25 bits per heavy atom. The van der Waals surface area contributed by atoms with E-state index in [4.69, 9.17) is 0 Å². The monoisotopic (exact) mass is 322 g/mol. The van der Waals surface area contributed by atoms with Crippen LogP contribution < -0.4 is 0 Å². The number of rotatable bonds is 0. The van der Waals surface area contributed by atoms with E-state index in [-0.39, 0.29) is 109 Å². The van der Waals surface area contributed by atoms with Crippen LogP contribution in [0.5, 0.6) is 0 Å². The van der Waals surface area contributed by atoms with E-state index in [2.05, 4.69) is 0 Å². The van der Waals surface area contributed by atoms with Crippen molar-refractivity contribution in [2.24, 2.45) is 0 Å². The molecule has 0 amide bonds. The summed E-state index contributed by atoms with van der Waals surface area (Å²) in [4.78, 5) is 0. The summed E-state index contributed by atoms with van der Waals surface area (Å²) in [6.07, 6.45) is 0. The minimum Gasteiger partial charge on any atom is -1.00 e. The minimum absolute atomic E-state index is 0. The molecule has 2 N–H and O–H groups in total. The van der Waals surface area contributed by atoms with E-state index in [1.54, 1.807) is 0 Å². The van der Waals surface area contributed by atoms with Crippen LogP contribution in [0.3, 0.4) is 0 Å². The Morgan fingerprint density at radius 1 is 1.25 bits per heavy atom. The van der Waals surface area contributed by atoms with Crippen LogP contribution in [0.2, 0.25) is 0 Å². The molecular weight excluding hydrogens is 317 g/mol. The van der Waals surface area contributed by atoms with Crippen molar-refractivity contribution in [3.63, 3.8) is 0 Å². The molecule has 0 rings (SSSR count). The molecule has 0 atom stereocenters. The van der Waals surface area contributed by atoms with Gasteiger partial charge in [-0.15, -0.1) is 0 Å². The van der Waals surface area contributed by atoms with Crippen molar-refractivity contribution in [1.29, 1.82) is 0 Å². The fraction of sp³-hybridized carbons (Fsp3) is 0. The van der Waals surface area contributed by atoms with Gasteiger partial charge >= 0.3 is 45.5 Å². The molecular formula is H4MnOSrTb. The Hall–Kier alpha value is 3.25. The van der Waals surface area contributed by atoms with Gasteiger partial charge in [0.15, 0.2) is 0 Å². The first-order valence-electron chi connectivity index (χ1n) is 0. The molecule has 0 saturated carbocycles. The first-order valence-corrected chi connectivity index (χ1v) is 0. The maximum Gasteiger partial charge on any atom is 2.00 e. The van der Waals surface area contributed by atoms with E-state index in [0.29, 0.717) is 0 Å². The molecule has 0 aromatic rings. The zero-order valence-corrected chi connectivity index (χ0v) is 8.71. The first-order chi connectivity index (χ1) is 0. The van der Waals surface area contributed by atoms with Crippen molar-refractivity contribution in [3.8, 4) is 0 Å². The van der Waals surface area contributed by atoms with Crippen molar-refractivity contribution in [3.05, 3.63) is 0 Å². The summed E-state index contributed by atoms with van der Waals surface area (Å²) in [7, 11) is 0. The van der Waals surface area contributed by atoms with Crippen molar-refractivity contribution in [2.45, 2.75) is 0 Å². The molecule has 0 aliphatic heterocycles. The molecule has 0 aliphatic rings. The Morgan fingerprint density at radius 2 is 1.25 bits per heavy atom. The van der Waals surface area contributed by atoms with Crippen molar-refractivity contribution in [1.82, 2.24) is 0 Å². The Labute approximate surface area is 107 Å². The molecule has 0 fully saturated rings. The van der Waals surface area contributed by atoms with Crippen molar-refractivity contribution >= 4 is 45.5 Å². The fourth-order valence-electron chi connectivity index (χ4n) is 0. The average molecular weight is 322 g/mol. The molecule has 4 heteroatoms. The normalized spacial score (nSPS) is 0. The molecule has 1 nitrogen and oxygen atoms in total. The zero-order valence-electron chi connectivity index (χ0n) is 3.92. The summed E-state index contributed by atoms with van der Waals surface area (Å²) >= 11 is 0. The first kappa shape index (κ1) is 26.8. The molecule has 0 aromatic heterocycles. The van der Waals surface area contributed by atoms with E-state index in [0.717, 1.165) is 0 Å². The predicted molar refractivity (Wildman–Crippen MR) is 11.6 cm³/mol. The van der Waals surface area contributed by atoms with Gasteiger partial charge in [-0.05, 0) is 0 Å². The van der Waals surface area contributed by atoms with Crippen molar-refractivity contribution < 1.29 is 64.0 Å². The molecule has 2 radical (unpaired) electrons. The van der Waals surface area contributed by atoms with E-state index in [1.807, 2.05) is 0 Å². The predicted octanol–water partition coefficient (Wildman–Crippen LogP) is -0.983. The van der Waals surface area contributed by atoms with E-state index < -0.39 is 0 Å². The van der Waals surface area contributed by atoms with Crippen LogP contribution in [0.15, 0.2) is 0 Å². The number of hydrogen-bond acceptors (Lipinski definition) is 0. The minimum atomic E-state index is 0. The number of hydrogen-bond donors (Lipinski definition) is 0. The van der Waals surface area contributed by atoms with Crippen LogP contribution in [-0.2, 0) is 17.1 Å². The second kappa shape index (κ2) is 16.3. The van der Waals surface area contributed by atoms with Gasteiger partial charge in [0.05, 0.1) is 0 Å².